The Kier molecular flexibility index (Phi) is 4.74. The Bertz CT molecular complexity index is 972. The van der Waals surface area contributed by atoms with Crippen molar-refractivity contribution in [2.45, 2.75) is 46.2 Å². The lowest BCUT2D eigenvalue weighted by molar-refractivity contribution is 0.460. The van der Waals surface area contributed by atoms with Gasteiger partial charge in [-0.3, -0.25) is 4.98 Å². The highest BCUT2D eigenvalue weighted by Crippen LogP contribution is 2.28. The van der Waals surface area contributed by atoms with Crippen molar-refractivity contribution in [3.05, 3.63) is 46.8 Å². The maximum absolute atomic E-state index is 10.3. The molecule has 0 atom stereocenters. The molecule has 1 aliphatic rings. The third kappa shape index (κ3) is 3.62. The van der Waals surface area contributed by atoms with Crippen LogP contribution >= 0.6 is 0 Å². The molecule has 0 aliphatic carbocycles. The van der Waals surface area contributed by atoms with Crippen LogP contribution in [-0.2, 0) is 6.54 Å². The lowest BCUT2D eigenvalue weighted by atomic mass is 10.1. The monoisotopic (exact) mass is 365 g/mol. The van der Waals surface area contributed by atoms with E-state index in [1.54, 1.807) is 6.07 Å². The summed E-state index contributed by atoms with van der Waals surface area (Å²) in [5.41, 5.74) is 6.03. The molecular formula is C21H27N5O. The number of nitrogens with one attached hydrogen (secondary N) is 2. The largest absolute Gasteiger partial charge is 0.506 e. The lowest BCUT2D eigenvalue weighted by Crippen LogP contribution is -2.36. The number of rotatable bonds is 4. The topological polar surface area (TPSA) is 75.0 Å². The van der Waals surface area contributed by atoms with Crippen LogP contribution < -0.4 is 10.6 Å². The summed E-state index contributed by atoms with van der Waals surface area (Å²) in [5.74, 6) is 1.08. The molecule has 0 saturated carbocycles. The van der Waals surface area contributed by atoms with Gasteiger partial charge in [-0.2, -0.15) is 0 Å². The average molecular weight is 365 g/mol. The number of benzene rings is 1. The number of imidazole rings is 1. The van der Waals surface area contributed by atoms with Crippen LogP contribution in [0.1, 0.15) is 35.4 Å². The molecule has 0 spiro atoms. The molecule has 6 nitrogen and oxygen atoms in total. The van der Waals surface area contributed by atoms with Crippen LogP contribution in [0.25, 0.3) is 11.0 Å². The first kappa shape index (κ1) is 17.8. The smallest absolute Gasteiger partial charge is 0.204 e. The van der Waals surface area contributed by atoms with Crippen LogP contribution in [0, 0.1) is 20.8 Å². The predicted molar refractivity (Wildman–Crippen MR) is 108 cm³/mol. The van der Waals surface area contributed by atoms with Crippen molar-refractivity contribution < 1.29 is 5.11 Å². The standard InChI is InChI=1S/C21H27N5O/c1-13-10-14(2)20-17(11-13)25-21(24-16-6-8-22-9-7-16)26(20)12-18-19(27)5-4-15(3)23-18/h4-5,10-11,16,22,27H,6-9,12H2,1-3H3,(H,24,25). The van der Waals surface area contributed by atoms with Crippen molar-refractivity contribution in [1.82, 2.24) is 19.9 Å². The number of hydrogen-bond acceptors (Lipinski definition) is 5. The van der Waals surface area contributed by atoms with Crippen molar-refractivity contribution in [2.24, 2.45) is 0 Å². The zero-order valence-corrected chi connectivity index (χ0v) is 16.2. The normalized spacial score (nSPS) is 15.4. The quantitative estimate of drug-likeness (QED) is 0.662. The number of nitrogens with zero attached hydrogens (tertiary/aromatic N) is 3. The maximum Gasteiger partial charge on any atom is 0.204 e. The number of pyridine rings is 1. The molecule has 3 heterocycles. The van der Waals surface area contributed by atoms with E-state index in [4.69, 9.17) is 4.98 Å². The summed E-state index contributed by atoms with van der Waals surface area (Å²) < 4.78 is 2.16. The van der Waals surface area contributed by atoms with E-state index < -0.39 is 0 Å². The number of piperidine rings is 1. The summed E-state index contributed by atoms with van der Waals surface area (Å²) >= 11 is 0. The van der Waals surface area contributed by atoms with Gasteiger partial charge >= 0.3 is 0 Å². The van der Waals surface area contributed by atoms with Crippen LogP contribution in [0.3, 0.4) is 0 Å². The van der Waals surface area contributed by atoms with Gasteiger partial charge in [0.05, 0.1) is 17.6 Å². The Labute approximate surface area is 159 Å². The SMILES string of the molecule is Cc1cc(C)c2c(c1)nc(NC1CCNCC1)n2Cc1nc(C)ccc1O. The molecule has 4 rings (SSSR count). The molecule has 1 aromatic carbocycles. The van der Waals surface area contributed by atoms with Gasteiger partial charge in [0.25, 0.3) is 0 Å². The Morgan fingerprint density at radius 2 is 1.93 bits per heavy atom. The second kappa shape index (κ2) is 7.19. The van der Waals surface area contributed by atoms with Gasteiger partial charge in [0.1, 0.15) is 11.4 Å². The molecule has 1 aliphatic heterocycles. The van der Waals surface area contributed by atoms with Gasteiger partial charge in [-0.25, -0.2) is 4.98 Å². The lowest BCUT2D eigenvalue weighted by Gasteiger charge is -2.24. The second-order valence-electron chi connectivity index (χ2n) is 7.56. The third-order valence-corrected chi connectivity index (χ3v) is 5.25. The molecule has 0 bridgehead atoms. The predicted octanol–water partition coefficient (Wildman–Crippen LogP) is 3.27. The van der Waals surface area contributed by atoms with Gasteiger partial charge in [-0.15, -0.1) is 0 Å². The Morgan fingerprint density at radius 3 is 2.70 bits per heavy atom. The molecule has 3 aromatic rings. The molecule has 0 unspecified atom stereocenters. The van der Waals surface area contributed by atoms with Crippen LogP contribution in [0.5, 0.6) is 5.75 Å². The highest BCUT2D eigenvalue weighted by Gasteiger charge is 2.20. The first-order valence-electron chi connectivity index (χ1n) is 9.61. The summed E-state index contributed by atoms with van der Waals surface area (Å²) in [4.78, 5) is 9.45. The third-order valence-electron chi connectivity index (χ3n) is 5.25. The fourth-order valence-corrected chi connectivity index (χ4v) is 3.94. The fourth-order valence-electron chi connectivity index (χ4n) is 3.94. The zero-order valence-electron chi connectivity index (χ0n) is 16.2. The van der Waals surface area contributed by atoms with Gasteiger partial charge < -0.3 is 20.3 Å². The molecule has 27 heavy (non-hydrogen) atoms. The molecule has 3 N–H and O–H groups in total. The van der Waals surface area contributed by atoms with Crippen molar-refractivity contribution in [1.29, 1.82) is 0 Å². The van der Waals surface area contributed by atoms with E-state index in [0.717, 1.165) is 48.6 Å². The Balaban J connectivity index is 1.79. The number of aromatic nitrogens is 3. The fraction of sp³-hybridized carbons (Fsp3) is 0.429. The number of aromatic hydroxyl groups is 1. The van der Waals surface area contributed by atoms with Crippen molar-refractivity contribution >= 4 is 17.0 Å². The van der Waals surface area contributed by atoms with E-state index in [1.165, 1.54) is 11.1 Å². The minimum Gasteiger partial charge on any atom is -0.506 e. The van der Waals surface area contributed by atoms with Crippen LogP contribution in [0.4, 0.5) is 5.95 Å². The molecule has 0 radical (unpaired) electrons. The van der Waals surface area contributed by atoms with E-state index in [-0.39, 0.29) is 5.75 Å². The molecule has 0 amide bonds. The zero-order chi connectivity index (χ0) is 19.0. The highest BCUT2D eigenvalue weighted by molar-refractivity contribution is 5.83. The molecule has 1 fully saturated rings. The minimum atomic E-state index is 0.222. The summed E-state index contributed by atoms with van der Waals surface area (Å²) in [7, 11) is 0. The van der Waals surface area contributed by atoms with Gasteiger partial charge in [-0.1, -0.05) is 6.07 Å². The maximum atomic E-state index is 10.3. The first-order chi connectivity index (χ1) is 13.0. The van der Waals surface area contributed by atoms with Crippen LogP contribution in [0.2, 0.25) is 0 Å². The molecule has 142 valence electrons. The van der Waals surface area contributed by atoms with Gasteiger partial charge in [0, 0.05) is 11.7 Å². The van der Waals surface area contributed by atoms with Gasteiger partial charge in [0.15, 0.2) is 0 Å². The van der Waals surface area contributed by atoms with Crippen LogP contribution in [0.15, 0.2) is 24.3 Å². The second-order valence-corrected chi connectivity index (χ2v) is 7.56. The Hall–Kier alpha value is -2.60. The highest BCUT2D eigenvalue weighted by atomic mass is 16.3. The Morgan fingerprint density at radius 1 is 1.15 bits per heavy atom. The van der Waals surface area contributed by atoms with Gasteiger partial charge in [-0.05, 0) is 76.0 Å². The number of fused-ring (bicyclic) bond motifs is 1. The molecular weight excluding hydrogens is 338 g/mol. The first-order valence-corrected chi connectivity index (χ1v) is 9.61. The van der Waals surface area contributed by atoms with Crippen molar-refractivity contribution in [2.75, 3.05) is 18.4 Å². The van der Waals surface area contributed by atoms with Crippen molar-refractivity contribution in [3.63, 3.8) is 0 Å². The van der Waals surface area contributed by atoms with Gasteiger partial charge in [0.2, 0.25) is 5.95 Å². The van der Waals surface area contributed by atoms with E-state index in [1.807, 2.05) is 13.0 Å². The summed E-state index contributed by atoms with van der Waals surface area (Å²) in [6.45, 7) is 8.69. The average Bonchev–Trinajstić information content (AvgIpc) is 2.96. The molecule has 6 heteroatoms. The van der Waals surface area contributed by atoms with Crippen molar-refractivity contribution in [3.8, 4) is 5.75 Å². The summed E-state index contributed by atoms with van der Waals surface area (Å²) in [6, 6.07) is 8.25. The molecule has 1 saturated heterocycles. The van der Waals surface area contributed by atoms with E-state index in [2.05, 4.69) is 46.2 Å². The number of hydrogen-bond donors (Lipinski definition) is 3. The number of aryl methyl sites for hydroxylation is 3. The van der Waals surface area contributed by atoms with E-state index >= 15 is 0 Å². The summed E-state index contributed by atoms with van der Waals surface area (Å²) in [5, 5.41) is 17.4. The number of anilines is 1. The van der Waals surface area contributed by atoms with Crippen LogP contribution in [-0.4, -0.2) is 38.8 Å². The summed E-state index contributed by atoms with van der Waals surface area (Å²) in [6.07, 6.45) is 2.16. The van der Waals surface area contributed by atoms with E-state index in [9.17, 15) is 5.11 Å². The molecule has 2 aromatic heterocycles. The van der Waals surface area contributed by atoms with E-state index in [0.29, 0.717) is 18.3 Å². The minimum absolute atomic E-state index is 0.222.